The fourth-order valence-electron chi connectivity index (χ4n) is 1.80. The van der Waals surface area contributed by atoms with Crippen molar-refractivity contribution >= 4 is 34.4 Å². The number of alkyl halides is 1. The van der Waals surface area contributed by atoms with Crippen molar-refractivity contribution < 1.29 is 0 Å². The predicted molar refractivity (Wildman–Crippen MR) is 68.0 cm³/mol. The molecular weight excluding hydrogens is 291 g/mol. The number of benzene rings is 1. The summed E-state index contributed by atoms with van der Waals surface area (Å²) in [6.07, 6.45) is 1.32. The molecule has 1 aliphatic rings. The Morgan fingerprint density at radius 1 is 1.31 bits per heavy atom. The standard InChI is InChI=1S/C11H13IS/c1-7-3-4-8(2)11-10(7)9(12)5-6-13-11/h3-4,9H,5-6H2,1-2H3. The molecule has 0 nitrogen and oxygen atoms in total. The fourth-order valence-corrected chi connectivity index (χ4v) is 4.86. The van der Waals surface area contributed by atoms with Crippen LogP contribution in [-0.4, -0.2) is 5.75 Å². The van der Waals surface area contributed by atoms with Gasteiger partial charge in [-0.05, 0) is 42.7 Å². The summed E-state index contributed by atoms with van der Waals surface area (Å²) in [5.74, 6) is 1.28. The van der Waals surface area contributed by atoms with Gasteiger partial charge in [0.25, 0.3) is 0 Å². The summed E-state index contributed by atoms with van der Waals surface area (Å²) in [4.78, 5) is 1.55. The molecule has 1 aromatic rings. The lowest BCUT2D eigenvalue weighted by Crippen LogP contribution is -2.05. The van der Waals surface area contributed by atoms with Crippen molar-refractivity contribution in [1.82, 2.24) is 0 Å². The molecular formula is C11H13IS. The van der Waals surface area contributed by atoms with E-state index in [1.807, 2.05) is 11.8 Å². The zero-order valence-electron chi connectivity index (χ0n) is 7.93. The van der Waals surface area contributed by atoms with Crippen LogP contribution in [0.15, 0.2) is 17.0 Å². The molecule has 1 unspecified atom stereocenters. The normalized spacial score (nSPS) is 21.3. The summed E-state index contributed by atoms with van der Waals surface area (Å²) in [5.41, 5.74) is 4.51. The van der Waals surface area contributed by atoms with E-state index >= 15 is 0 Å². The summed E-state index contributed by atoms with van der Waals surface area (Å²) in [6, 6.07) is 4.50. The summed E-state index contributed by atoms with van der Waals surface area (Å²) < 4.78 is 0.730. The molecule has 0 aliphatic carbocycles. The highest BCUT2D eigenvalue weighted by atomic mass is 127. The second-order valence-electron chi connectivity index (χ2n) is 3.55. The first kappa shape index (κ1) is 9.84. The Bertz CT molecular complexity index is 333. The Labute approximate surface area is 97.6 Å². The van der Waals surface area contributed by atoms with Gasteiger partial charge in [-0.2, -0.15) is 0 Å². The Morgan fingerprint density at radius 2 is 2.00 bits per heavy atom. The van der Waals surface area contributed by atoms with E-state index < -0.39 is 0 Å². The highest BCUT2D eigenvalue weighted by Gasteiger charge is 2.21. The average Bonchev–Trinajstić information content (AvgIpc) is 2.12. The minimum atomic E-state index is 0.730. The zero-order chi connectivity index (χ0) is 9.42. The third-order valence-electron chi connectivity index (χ3n) is 2.54. The quantitative estimate of drug-likeness (QED) is 0.509. The van der Waals surface area contributed by atoms with Gasteiger partial charge in [-0.25, -0.2) is 0 Å². The van der Waals surface area contributed by atoms with Gasteiger partial charge in [-0.15, -0.1) is 11.8 Å². The van der Waals surface area contributed by atoms with Gasteiger partial charge in [0.1, 0.15) is 0 Å². The number of halogens is 1. The van der Waals surface area contributed by atoms with Crippen LogP contribution in [0.3, 0.4) is 0 Å². The first-order valence-corrected chi connectivity index (χ1v) is 6.80. The van der Waals surface area contributed by atoms with E-state index in [-0.39, 0.29) is 0 Å². The van der Waals surface area contributed by atoms with Crippen LogP contribution in [0.25, 0.3) is 0 Å². The number of thioether (sulfide) groups is 1. The Hall–Kier alpha value is 0.300. The molecule has 1 aliphatic heterocycles. The van der Waals surface area contributed by atoms with E-state index in [1.54, 1.807) is 10.5 Å². The van der Waals surface area contributed by atoms with Crippen molar-refractivity contribution in [3.8, 4) is 0 Å². The fraction of sp³-hybridized carbons (Fsp3) is 0.455. The predicted octanol–water partition coefficient (Wildman–Crippen LogP) is 4.28. The molecule has 0 spiro atoms. The third kappa shape index (κ3) is 1.75. The molecule has 0 N–H and O–H groups in total. The molecule has 70 valence electrons. The van der Waals surface area contributed by atoms with Gasteiger partial charge >= 0.3 is 0 Å². The Morgan fingerprint density at radius 3 is 2.69 bits per heavy atom. The molecule has 1 atom stereocenters. The molecule has 0 radical (unpaired) electrons. The lowest BCUT2D eigenvalue weighted by atomic mass is 10.0. The number of hydrogen-bond acceptors (Lipinski definition) is 1. The van der Waals surface area contributed by atoms with Gasteiger partial charge in [0.05, 0.1) is 0 Å². The third-order valence-corrected chi connectivity index (χ3v) is 5.06. The second-order valence-corrected chi connectivity index (χ2v) is 6.16. The summed E-state index contributed by atoms with van der Waals surface area (Å²) in [5, 5.41) is 0. The molecule has 0 amide bonds. The molecule has 2 rings (SSSR count). The van der Waals surface area contributed by atoms with Crippen LogP contribution < -0.4 is 0 Å². The molecule has 1 heterocycles. The van der Waals surface area contributed by atoms with E-state index in [9.17, 15) is 0 Å². The van der Waals surface area contributed by atoms with E-state index in [0.717, 1.165) is 3.92 Å². The SMILES string of the molecule is Cc1ccc(C)c2c1SCCC2I. The Balaban J connectivity index is 2.60. The van der Waals surface area contributed by atoms with Crippen molar-refractivity contribution in [3.05, 3.63) is 28.8 Å². The minimum absolute atomic E-state index is 0.730. The van der Waals surface area contributed by atoms with Gasteiger partial charge in [-0.1, -0.05) is 34.7 Å². The first-order valence-electron chi connectivity index (χ1n) is 4.57. The minimum Gasteiger partial charge on any atom is -0.125 e. The molecule has 0 aromatic heterocycles. The molecule has 0 bridgehead atoms. The summed E-state index contributed by atoms with van der Waals surface area (Å²) in [6.45, 7) is 4.45. The first-order chi connectivity index (χ1) is 6.20. The van der Waals surface area contributed by atoms with Crippen LogP contribution in [-0.2, 0) is 0 Å². The van der Waals surface area contributed by atoms with Crippen molar-refractivity contribution in [2.45, 2.75) is 29.1 Å². The molecule has 0 saturated heterocycles. The smallest absolute Gasteiger partial charge is 0.0381 e. The van der Waals surface area contributed by atoms with Gasteiger partial charge in [-0.3, -0.25) is 0 Å². The lowest BCUT2D eigenvalue weighted by molar-refractivity contribution is 0.878. The molecule has 13 heavy (non-hydrogen) atoms. The van der Waals surface area contributed by atoms with E-state index in [4.69, 9.17) is 0 Å². The number of rotatable bonds is 0. The largest absolute Gasteiger partial charge is 0.125 e. The molecule has 1 aromatic carbocycles. The molecule has 0 fully saturated rings. The van der Waals surface area contributed by atoms with E-state index in [2.05, 4.69) is 48.6 Å². The zero-order valence-corrected chi connectivity index (χ0v) is 10.9. The number of aryl methyl sites for hydroxylation is 2. The maximum atomic E-state index is 2.58. The van der Waals surface area contributed by atoms with Crippen molar-refractivity contribution in [3.63, 3.8) is 0 Å². The highest BCUT2D eigenvalue weighted by Crippen LogP contribution is 2.44. The van der Waals surface area contributed by atoms with Gasteiger partial charge < -0.3 is 0 Å². The Kier molecular flexibility index (Phi) is 2.88. The van der Waals surface area contributed by atoms with Crippen molar-refractivity contribution in [2.24, 2.45) is 0 Å². The molecule has 0 saturated carbocycles. The average molecular weight is 304 g/mol. The number of fused-ring (bicyclic) bond motifs is 1. The second kappa shape index (κ2) is 3.81. The number of hydrogen-bond donors (Lipinski definition) is 0. The van der Waals surface area contributed by atoms with Crippen LogP contribution in [0.5, 0.6) is 0 Å². The van der Waals surface area contributed by atoms with Crippen LogP contribution in [0, 0.1) is 13.8 Å². The highest BCUT2D eigenvalue weighted by molar-refractivity contribution is 14.1. The van der Waals surface area contributed by atoms with Crippen molar-refractivity contribution in [2.75, 3.05) is 5.75 Å². The summed E-state index contributed by atoms with van der Waals surface area (Å²) in [7, 11) is 0. The molecule has 2 heteroatoms. The van der Waals surface area contributed by atoms with Gasteiger partial charge in [0, 0.05) is 8.82 Å². The van der Waals surface area contributed by atoms with Crippen molar-refractivity contribution in [1.29, 1.82) is 0 Å². The maximum absolute atomic E-state index is 2.58. The van der Waals surface area contributed by atoms with E-state index in [1.165, 1.54) is 23.3 Å². The van der Waals surface area contributed by atoms with Crippen LogP contribution in [0.2, 0.25) is 0 Å². The van der Waals surface area contributed by atoms with Crippen LogP contribution in [0.1, 0.15) is 27.0 Å². The van der Waals surface area contributed by atoms with Gasteiger partial charge in [0.2, 0.25) is 0 Å². The maximum Gasteiger partial charge on any atom is 0.0381 e. The monoisotopic (exact) mass is 304 g/mol. The van der Waals surface area contributed by atoms with Crippen LogP contribution in [0.4, 0.5) is 0 Å². The topological polar surface area (TPSA) is 0 Å². The summed E-state index contributed by atoms with van der Waals surface area (Å²) >= 11 is 4.61. The van der Waals surface area contributed by atoms with E-state index in [0.29, 0.717) is 0 Å². The van der Waals surface area contributed by atoms with Gasteiger partial charge in [0.15, 0.2) is 0 Å². The van der Waals surface area contributed by atoms with Crippen LogP contribution >= 0.6 is 34.4 Å². The lowest BCUT2D eigenvalue weighted by Gasteiger charge is -2.24.